The van der Waals surface area contributed by atoms with Gasteiger partial charge in [0.2, 0.25) is 5.88 Å². The highest BCUT2D eigenvalue weighted by molar-refractivity contribution is 6.08. The van der Waals surface area contributed by atoms with E-state index in [9.17, 15) is 9.59 Å². The first kappa shape index (κ1) is 25.7. The molecule has 0 saturated carbocycles. The average Bonchev–Trinajstić information content (AvgIpc) is 2.53. The zero-order chi connectivity index (χ0) is 20.8. The lowest BCUT2D eigenvalue weighted by atomic mass is 10.1. The number of primary amides is 1. The van der Waals surface area contributed by atoms with Crippen LogP contribution in [0.1, 0.15) is 48.5 Å². The predicted molar refractivity (Wildman–Crippen MR) is 104 cm³/mol. The number of hydrogen-bond donors (Lipinski definition) is 4. The van der Waals surface area contributed by atoms with E-state index in [2.05, 4.69) is 10.6 Å². The minimum Gasteiger partial charge on any atom is -0.478 e. The van der Waals surface area contributed by atoms with E-state index in [0.717, 1.165) is 6.21 Å². The van der Waals surface area contributed by atoms with Crippen LogP contribution in [-0.4, -0.2) is 37.0 Å². The number of urea groups is 1. The second-order valence-corrected chi connectivity index (χ2v) is 6.00. The number of carbonyl (C=O) groups excluding carboxylic acids is 2. The van der Waals surface area contributed by atoms with Crippen LogP contribution in [0, 0.1) is 11.3 Å². The Morgan fingerprint density at radius 2 is 1.81 bits per heavy atom. The highest BCUT2D eigenvalue weighted by Crippen LogP contribution is 2.08. The van der Waals surface area contributed by atoms with E-state index < -0.39 is 17.5 Å². The number of esters is 1. The summed E-state index contributed by atoms with van der Waals surface area (Å²) in [7, 11) is 0. The topological polar surface area (TPSA) is 127 Å². The molecule has 8 nitrogen and oxygen atoms in total. The molecule has 0 aromatic rings. The summed E-state index contributed by atoms with van der Waals surface area (Å²) < 4.78 is 10.5. The Kier molecular flexibility index (Phi) is 13.6. The van der Waals surface area contributed by atoms with Crippen molar-refractivity contribution in [3.8, 4) is 0 Å². The van der Waals surface area contributed by atoms with Crippen molar-refractivity contribution in [3.63, 3.8) is 0 Å². The summed E-state index contributed by atoms with van der Waals surface area (Å²) in [6.07, 6.45) is 4.03. The first-order valence-corrected chi connectivity index (χ1v) is 8.69. The third-order valence-electron chi connectivity index (χ3n) is 2.61. The second kappa shape index (κ2) is 13.7. The maximum Gasteiger partial charge on any atom is 0.345 e. The van der Waals surface area contributed by atoms with Crippen LogP contribution < -0.4 is 16.4 Å². The van der Waals surface area contributed by atoms with E-state index in [1.54, 1.807) is 26.8 Å². The van der Waals surface area contributed by atoms with Crippen molar-refractivity contribution in [2.24, 2.45) is 11.7 Å². The smallest absolute Gasteiger partial charge is 0.345 e. The van der Waals surface area contributed by atoms with E-state index in [1.807, 2.05) is 27.7 Å². The predicted octanol–water partition coefficient (Wildman–Crippen LogP) is 2.66. The van der Waals surface area contributed by atoms with Crippen LogP contribution in [0.3, 0.4) is 0 Å². The standard InChI is InChI=1S/C16H28N4O4.C2H6/c1-6-23-14(21)12(9-17)13(24-10-11(2)3)19-8-7-16(4,5)20-15(18)22;1-2/h7-9,11,17,19H,6,10H2,1-5H3,(H3,18,20,22);1-2H3/b8-7+,13-12-,17-9?;. The number of nitrogens with one attached hydrogen (secondary N) is 3. The van der Waals surface area contributed by atoms with Gasteiger partial charge in [-0.2, -0.15) is 0 Å². The maximum atomic E-state index is 11.9. The van der Waals surface area contributed by atoms with Crippen molar-refractivity contribution in [1.82, 2.24) is 10.6 Å². The van der Waals surface area contributed by atoms with Crippen molar-refractivity contribution in [3.05, 3.63) is 23.7 Å². The minimum atomic E-state index is -0.698. The highest BCUT2D eigenvalue weighted by Gasteiger charge is 2.18. The highest BCUT2D eigenvalue weighted by atomic mass is 16.5. The van der Waals surface area contributed by atoms with Gasteiger partial charge in [0.05, 0.1) is 18.8 Å². The van der Waals surface area contributed by atoms with E-state index in [1.165, 1.54) is 6.20 Å². The van der Waals surface area contributed by atoms with Gasteiger partial charge in [-0.05, 0) is 32.8 Å². The molecule has 0 heterocycles. The molecule has 0 saturated heterocycles. The number of nitrogens with two attached hydrogens (primary N) is 1. The Bertz CT molecular complexity index is 511. The molecule has 0 atom stereocenters. The number of ether oxygens (including phenoxy) is 2. The lowest BCUT2D eigenvalue weighted by Gasteiger charge is -2.21. The molecule has 0 fully saturated rings. The van der Waals surface area contributed by atoms with Crippen LogP contribution in [0.15, 0.2) is 23.7 Å². The first-order valence-electron chi connectivity index (χ1n) is 8.69. The Morgan fingerprint density at radius 3 is 2.23 bits per heavy atom. The molecule has 0 aromatic carbocycles. The normalized spacial score (nSPS) is 11.8. The van der Waals surface area contributed by atoms with Gasteiger partial charge in [0.15, 0.2) is 0 Å². The molecule has 0 spiro atoms. The Morgan fingerprint density at radius 1 is 1.23 bits per heavy atom. The third kappa shape index (κ3) is 11.9. The average molecular weight is 370 g/mol. The minimum absolute atomic E-state index is 0.0252. The zero-order valence-electron chi connectivity index (χ0n) is 16.9. The van der Waals surface area contributed by atoms with Gasteiger partial charge in [-0.3, -0.25) is 0 Å². The molecule has 0 aliphatic rings. The SMILES string of the molecule is CC.CCOC(=O)/C(C=N)=C(/N/C=C/C(C)(C)NC(N)=O)OCC(C)C. The molecule has 0 bridgehead atoms. The number of hydrogen-bond acceptors (Lipinski definition) is 6. The zero-order valence-corrected chi connectivity index (χ0v) is 16.9. The van der Waals surface area contributed by atoms with Gasteiger partial charge in [-0.25, -0.2) is 9.59 Å². The summed E-state index contributed by atoms with van der Waals surface area (Å²) in [5, 5.41) is 12.8. The Hall–Kier alpha value is -2.51. The van der Waals surface area contributed by atoms with Crippen molar-refractivity contribution in [1.29, 1.82) is 5.41 Å². The molecule has 0 aliphatic carbocycles. The summed E-state index contributed by atoms with van der Waals surface area (Å²) in [6.45, 7) is 13.6. The summed E-state index contributed by atoms with van der Waals surface area (Å²) in [6, 6.07) is -0.650. The lowest BCUT2D eigenvalue weighted by molar-refractivity contribution is -0.138. The van der Waals surface area contributed by atoms with Gasteiger partial charge in [0.25, 0.3) is 0 Å². The second-order valence-electron chi connectivity index (χ2n) is 6.00. The van der Waals surface area contributed by atoms with Gasteiger partial charge in [0.1, 0.15) is 5.57 Å². The third-order valence-corrected chi connectivity index (χ3v) is 2.61. The Balaban J connectivity index is 0. The fourth-order valence-corrected chi connectivity index (χ4v) is 1.56. The van der Waals surface area contributed by atoms with Crippen LogP contribution in [0.25, 0.3) is 0 Å². The van der Waals surface area contributed by atoms with E-state index >= 15 is 0 Å². The fourth-order valence-electron chi connectivity index (χ4n) is 1.56. The summed E-state index contributed by atoms with van der Waals surface area (Å²) in [4.78, 5) is 22.9. The van der Waals surface area contributed by atoms with Crippen molar-refractivity contribution < 1.29 is 19.1 Å². The van der Waals surface area contributed by atoms with Crippen LogP contribution >= 0.6 is 0 Å². The quantitative estimate of drug-likeness (QED) is 0.203. The van der Waals surface area contributed by atoms with Crippen LogP contribution in [0.4, 0.5) is 4.79 Å². The molecule has 8 heteroatoms. The Labute approximate surface area is 156 Å². The molecular weight excluding hydrogens is 336 g/mol. The maximum absolute atomic E-state index is 11.9. The summed E-state index contributed by atoms with van der Waals surface area (Å²) >= 11 is 0. The van der Waals surface area contributed by atoms with Crippen molar-refractivity contribution in [2.75, 3.05) is 13.2 Å². The molecule has 0 aromatic heterocycles. The molecule has 0 unspecified atom stereocenters. The largest absolute Gasteiger partial charge is 0.478 e. The van der Waals surface area contributed by atoms with Gasteiger partial charge < -0.3 is 31.3 Å². The monoisotopic (exact) mass is 370 g/mol. The van der Waals surface area contributed by atoms with Gasteiger partial charge in [-0.1, -0.05) is 27.7 Å². The molecule has 2 amide bonds. The molecular formula is C18H34N4O4. The van der Waals surface area contributed by atoms with E-state index in [4.69, 9.17) is 20.6 Å². The lowest BCUT2D eigenvalue weighted by Crippen LogP contribution is -2.44. The number of amides is 2. The number of rotatable bonds is 10. The van der Waals surface area contributed by atoms with Gasteiger partial charge in [0, 0.05) is 12.4 Å². The van der Waals surface area contributed by atoms with E-state index in [-0.39, 0.29) is 24.0 Å². The van der Waals surface area contributed by atoms with Crippen LogP contribution in [0.5, 0.6) is 0 Å². The summed E-state index contributed by atoms with van der Waals surface area (Å²) in [5.41, 5.74) is 4.38. The molecule has 0 radical (unpaired) electrons. The van der Waals surface area contributed by atoms with Crippen LogP contribution in [-0.2, 0) is 14.3 Å². The summed E-state index contributed by atoms with van der Waals surface area (Å²) in [5.74, 6) is -0.308. The fraction of sp³-hybridized carbons (Fsp3) is 0.611. The molecule has 150 valence electrons. The van der Waals surface area contributed by atoms with Crippen LogP contribution in [0.2, 0.25) is 0 Å². The molecule has 0 aliphatic heterocycles. The van der Waals surface area contributed by atoms with Crippen molar-refractivity contribution >= 4 is 18.2 Å². The molecule has 5 N–H and O–H groups in total. The van der Waals surface area contributed by atoms with E-state index in [0.29, 0.717) is 6.61 Å². The number of carbonyl (C=O) groups is 2. The molecule has 0 rings (SSSR count). The van der Waals surface area contributed by atoms with Gasteiger partial charge >= 0.3 is 12.0 Å². The first-order chi connectivity index (χ1) is 12.1. The molecule has 26 heavy (non-hydrogen) atoms. The van der Waals surface area contributed by atoms with Gasteiger partial charge in [-0.15, -0.1) is 0 Å². The van der Waals surface area contributed by atoms with Crippen molar-refractivity contribution in [2.45, 2.75) is 54.0 Å².